The Balaban J connectivity index is 2.28. The summed E-state index contributed by atoms with van der Waals surface area (Å²) >= 11 is 0. The van der Waals surface area contributed by atoms with Crippen molar-refractivity contribution in [1.29, 1.82) is 0 Å². The zero-order chi connectivity index (χ0) is 22.5. The third-order valence-corrected chi connectivity index (χ3v) is 4.58. The first-order chi connectivity index (χ1) is 14.2. The highest BCUT2D eigenvalue weighted by Crippen LogP contribution is 2.14. The average Bonchev–Trinajstić information content (AvgIpc) is 2.68. The molecule has 30 heavy (non-hydrogen) atoms. The van der Waals surface area contributed by atoms with Crippen LogP contribution in [-0.2, 0) is 30.5 Å². The SMILES string of the molecule is CC(C)COCc1ccc(NC(=O)[C@@H](C)CC(=O)CCOCCC(=O)C(C)C)cc1. The fourth-order valence-corrected chi connectivity index (χ4v) is 2.65. The van der Waals surface area contributed by atoms with E-state index in [1.165, 1.54) is 0 Å². The van der Waals surface area contributed by atoms with E-state index in [0.29, 0.717) is 37.8 Å². The number of anilines is 1. The number of carbonyl (C=O) groups is 3. The fourth-order valence-electron chi connectivity index (χ4n) is 2.65. The molecule has 1 atom stereocenters. The lowest BCUT2D eigenvalue weighted by atomic mass is 10.0. The molecule has 6 heteroatoms. The van der Waals surface area contributed by atoms with Crippen LogP contribution in [0.15, 0.2) is 24.3 Å². The Hall–Kier alpha value is -2.05. The van der Waals surface area contributed by atoms with Crippen molar-refractivity contribution < 1.29 is 23.9 Å². The number of hydrogen-bond acceptors (Lipinski definition) is 5. The number of Topliss-reactive ketones (excluding diaryl/α,β-unsaturated/α-hetero) is 2. The number of amides is 1. The molecule has 0 radical (unpaired) electrons. The van der Waals surface area contributed by atoms with E-state index in [1.54, 1.807) is 6.92 Å². The van der Waals surface area contributed by atoms with Crippen LogP contribution >= 0.6 is 0 Å². The molecule has 1 aromatic carbocycles. The van der Waals surface area contributed by atoms with Crippen molar-refractivity contribution in [3.05, 3.63) is 29.8 Å². The van der Waals surface area contributed by atoms with Crippen molar-refractivity contribution in [3.8, 4) is 0 Å². The Morgan fingerprint density at radius 2 is 1.53 bits per heavy atom. The minimum Gasteiger partial charge on any atom is -0.381 e. The predicted octanol–water partition coefficient (Wildman–Crippen LogP) is 4.41. The number of ketones is 2. The van der Waals surface area contributed by atoms with Crippen LogP contribution in [0.4, 0.5) is 5.69 Å². The van der Waals surface area contributed by atoms with Gasteiger partial charge in [-0.15, -0.1) is 0 Å². The van der Waals surface area contributed by atoms with Gasteiger partial charge in [0.1, 0.15) is 11.6 Å². The molecular formula is C24H37NO5. The first-order valence-corrected chi connectivity index (χ1v) is 10.8. The van der Waals surface area contributed by atoms with Gasteiger partial charge in [0.05, 0.1) is 19.8 Å². The summed E-state index contributed by atoms with van der Waals surface area (Å²) in [7, 11) is 0. The highest BCUT2D eigenvalue weighted by atomic mass is 16.5. The summed E-state index contributed by atoms with van der Waals surface area (Å²) in [6.45, 7) is 11.5. The quantitative estimate of drug-likeness (QED) is 0.426. The predicted molar refractivity (Wildman–Crippen MR) is 118 cm³/mol. The molecular weight excluding hydrogens is 382 g/mol. The molecule has 1 N–H and O–H groups in total. The maximum atomic E-state index is 12.3. The second-order valence-electron chi connectivity index (χ2n) is 8.47. The van der Waals surface area contributed by atoms with E-state index < -0.39 is 5.92 Å². The van der Waals surface area contributed by atoms with E-state index in [4.69, 9.17) is 9.47 Å². The van der Waals surface area contributed by atoms with Crippen LogP contribution in [0.5, 0.6) is 0 Å². The van der Waals surface area contributed by atoms with Crippen LogP contribution in [-0.4, -0.2) is 37.3 Å². The molecule has 6 nitrogen and oxygen atoms in total. The Bertz CT molecular complexity index is 667. The van der Waals surface area contributed by atoms with Crippen LogP contribution in [0.2, 0.25) is 0 Å². The highest BCUT2D eigenvalue weighted by molar-refractivity contribution is 5.95. The average molecular weight is 420 g/mol. The van der Waals surface area contributed by atoms with Gasteiger partial charge in [0.2, 0.25) is 5.91 Å². The van der Waals surface area contributed by atoms with Gasteiger partial charge in [-0.05, 0) is 23.6 Å². The van der Waals surface area contributed by atoms with E-state index in [0.717, 1.165) is 5.56 Å². The molecule has 0 bridgehead atoms. The number of nitrogens with one attached hydrogen (secondary N) is 1. The van der Waals surface area contributed by atoms with Gasteiger partial charge in [-0.25, -0.2) is 0 Å². The summed E-state index contributed by atoms with van der Waals surface area (Å²) in [5, 5.41) is 2.85. The number of rotatable bonds is 15. The molecule has 0 heterocycles. The van der Waals surface area contributed by atoms with Gasteiger partial charge in [0, 0.05) is 43.4 Å². The summed E-state index contributed by atoms with van der Waals surface area (Å²) in [4.78, 5) is 35.9. The lowest BCUT2D eigenvalue weighted by molar-refractivity contribution is -0.126. The number of carbonyl (C=O) groups excluding carboxylic acids is 3. The van der Waals surface area contributed by atoms with Gasteiger partial charge < -0.3 is 14.8 Å². The molecule has 0 saturated heterocycles. The molecule has 0 aliphatic heterocycles. The van der Waals surface area contributed by atoms with Crippen molar-refractivity contribution in [2.75, 3.05) is 25.1 Å². The topological polar surface area (TPSA) is 81.7 Å². The van der Waals surface area contributed by atoms with Gasteiger partial charge in [0.15, 0.2) is 0 Å². The maximum Gasteiger partial charge on any atom is 0.227 e. The molecule has 1 rings (SSSR count). The number of ether oxygens (including phenoxy) is 2. The van der Waals surface area contributed by atoms with Crippen molar-refractivity contribution in [3.63, 3.8) is 0 Å². The molecule has 0 aliphatic rings. The summed E-state index contributed by atoms with van der Waals surface area (Å²) in [6, 6.07) is 7.53. The molecule has 1 aromatic rings. The van der Waals surface area contributed by atoms with E-state index in [9.17, 15) is 14.4 Å². The van der Waals surface area contributed by atoms with Crippen LogP contribution < -0.4 is 5.32 Å². The van der Waals surface area contributed by atoms with Crippen molar-refractivity contribution >= 4 is 23.2 Å². The summed E-state index contributed by atoms with van der Waals surface area (Å²) < 4.78 is 11.0. The van der Waals surface area contributed by atoms with E-state index in [1.807, 2.05) is 38.1 Å². The lowest BCUT2D eigenvalue weighted by Crippen LogP contribution is -2.23. The monoisotopic (exact) mass is 419 g/mol. The zero-order valence-electron chi connectivity index (χ0n) is 19.0. The van der Waals surface area contributed by atoms with Crippen LogP contribution in [0.25, 0.3) is 0 Å². The summed E-state index contributed by atoms with van der Waals surface area (Å²) in [5.41, 5.74) is 1.75. The lowest BCUT2D eigenvalue weighted by Gasteiger charge is -2.12. The normalized spacial score (nSPS) is 12.2. The van der Waals surface area contributed by atoms with Gasteiger partial charge >= 0.3 is 0 Å². The molecule has 0 saturated carbocycles. The second kappa shape index (κ2) is 14.0. The van der Waals surface area contributed by atoms with E-state index in [-0.39, 0.29) is 42.8 Å². The molecule has 0 fully saturated rings. The first kappa shape index (κ1) is 26.0. The molecule has 0 spiro atoms. The van der Waals surface area contributed by atoms with Crippen LogP contribution in [0.1, 0.15) is 59.4 Å². The minimum atomic E-state index is -0.422. The maximum absolute atomic E-state index is 12.3. The Morgan fingerprint density at radius 3 is 2.13 bits per heavy atom. The zero-order valence-corrected chi connectivity index (χ0v) is 19.0. The van der Waals surface area contributed by atoms with Crippen LogP contribution in [0, 0.1) is 17.8 Å². The fraction of sp³-hybridized carbons (Fsp3) is 0.625. The number of hydrogen-bond donors (Lipinski definition) is 1. The first-order valence-electron chi connectivity index (χ1n) is 10.8. The van der Waals surface area contributed by atoms with Gasteiger partial charge in [-0.2, -0.15) is 0 Å². The third kappa shape index (κ3) is 11.2. The second-order valence-corrected chi connectivity index (χ2v) is 8.47. The molecule has 0 unspecified atom stereocenters. The van der Waals surface area contributed by atoms with Crippen molar-refractivity contribution in [2.24, 2.45) is 17.8 Å². The largest absolute Gasteiger partial charge is 0.381 e. The van der Waals surface area contributed by atoms with Gasteiger partial charge in [-0.1, -0.05) is 46.8 Å². The van der Waals surface area contributed by atoms with Gasteiger partial charge in [0.25, 0.3) is 0 Å². The van der Waals surface area contributed by atoms with Gasteiger partial charge in [-0.3, -0.25) is 14.4 Å². The van der Waals surface area contributed by atoms with E-state index in [2.05, 4.69) is 19.2 Å². The van der Waals surface area contributed by atoms with Crippen molar-refractivity contribution in [2.45, 2.75) is 60.5 Å². The summed E-state index contributed by atoms with van der Waals surface area (Å²) in [5.74, 6) is 0.0234. The van der Waals surface area contributed by atoms with Crippen molar-refractivity contribution in [1.82, 2.24) is 0 Å². The third-order valence-electron chi connectivity index (χ3n) is 4.58. The van der Waals surface area contributed by atoms with Crippen LogP contribution in [0.3, 0.4) is 0 Å². The molecule has 1 amide bonds. The Kier molecular flexibility index (Phi) is 12.2. The minimum absolute atomic E-state index is 0.00371. The Labute approximate surface area is 180 Å². The molecule has 168 valence electrons. The highest BCUT2D eigenvalue weighted by Gasteiger charge is 2.17. The molecule has 0 aromatic heterocycles. The molecule has 0 aliphatic carbocycles. The standard InChI is InChI=1S/C24H37NO5/c1-17(2)15-30-16-20-6-8-21(9-7-20)25-24(28)19(5)14-22(26)10-12-29-13-11-23(27)18(3)4/h6-9,17-19H,10-16H2,1-5H3,(H,25,28)/t19-/m0/s1. The number of benzene rings is 1. The smallest absolute Gasteiger partial charge is 0.227 e. The van der Waals surface area contributed by atoms with E-state index >= 15 is 0 Å². The summed E-state index contributed by atoms with van der Waals surface area (Å²) in [6.07, 6.45) is 0.785. The Morgan fingerprint density at radius 1 is 0.900 bits per heavy atom.